The van der Waals surface area contributed by atoms with Crippen LogP contribution < -0.4 is 5.32 Å². The molecule has 0 aromatic carbocycles. The summed E-state index contributed by atoms with van der Waals surface area (Å²) in [5, 5.41) is 11.5. The van der Waals surface area contributed by atoms with Crippen LogP contribution in [0.2, 0.25) is 0 Å². The normalized spacial score (nSPS) is 16.7. The number of hydrogen-bond acceptors (Lipinski definition) is 2. The van der Waals surface area contributed by atoms with Crippen LogP contribution in [0.4, 0.5) is 0 Å². The van der Waals surface area contributed by atoms with Crippen molar-refractivity contribution in [2.75, 3.05) is 0 Å². The van der Waals surface area contributed by atoms with Gasteiger partial charge < -0.3 is 10.4 Å². The monoisotopic (exact) mass is 241 g/mol. The number of carbonyl (C=O) groups excluding carboxylic acids is 1. The van der Waals surface area contributed by atoms with Gasteiger partial charge in [-0.05, 0) is 25.7 Å². The van der Waals surface area contributed by atoms with E-state index in [1.807, 2.05) is 0 Å². The number of aliphatic carboxylic acids is 1. The number of hydrogen-bond donors (Lipinski definition) is 2. The lowest BCUT2D eigenvalue weighted by Crippen LogP contribution is -2.35. The van der Waals surface area contributed by atoms with Crippen molar-refractivity contribution in [2.45, 2.75) is 70.3 Å². The Kier molecular flexibility index (Phi) is 6.67. The van der Waals surface area contributed by atoms with E-state index in [2.05, 4.69) is 5.32 Å². The Morgan fingerprint density at radius 3 is 2.29 bits per heavy atom. The predicted molar refractivity (Wildman–Crippen MR) is 65.7 cm³/mol. The minimum Gasteiger partial charge on any atom is -0.481 e. The molecule has 0 aliphatic heterocycles. The fourth-order valence-corrected chi connectivity index (χ4v) is 2.29. The molecule has 0 radical (unpaired) electrons. The van der Waals surface area contributed by atoms with Crippen LogP contribution in [0.15, 0.2) is 0 Å². The van der Waals surface area contributed by atoms with Crippen molar-refractivity contribution < 1.29 is 14.7 Å². The van der Waals surface area contributed by atoms with Crippen LogP contribution in [0.3, 0.4) is 0 Å². The van der Waals surface area contributed by atoms with Crippen molar-refractivity contribution >= 4 is 11.9 Å². The first kappa shape index (κ1) is 14.0. The molecule has 1 aliphatic carbocycles. The summed E-state index contributed by atoms with van der Waals surface area (Å²) in [6.45, 7) is 0. The van der Waals surface area contributed by atoms with Gasteiger partial charge in [-0.2, -0.15) is 0 Å². The Balaban J connectivity index is 1.98. The molecule has 0 saturated heterocycles. The molecule has 4 heteroatoms. The summed E-state index contributed by atoms with van der Waals surface area (Å²) >= 11 is 0. The number of carboxylic acid groups (broad SMARTS) is 1. The third-order valence-corrected chi connectivity index (χ3v) is 3.26. The van der Waals surface area contributed by atoms with Crippen LogP contribution in [0.1, 0.15) is 64.2 Å². The highest BCUT2D eigenvalue weighted by Crippen LogP contribution is 2.17. The van der Waals surface area contributed by atoms with Gasteiger partial charge in [-0.1, -0.05) is 25.7 Å². The van der Waals surface area contributed by atoms with Gasteiger partial charge in [-0.15, -0.1) is 0 Å². The number of rotatable bonds is 7. The molecule has 1 fully saturated rings. The molecule has 1 saturated carbocycles. The average Bonchev–Trinajstić information content (AvgIpc) is 2.29. The zero-order valence-electron chi connectivity index (χ0n) is 10.4. The highest BCUT2D eigenvalue weighted by molar-refractivity contribution is 5.76. The lowest BCUT2D eigenvalue weighted by Gasteiger charge is -2.22. The van der Waals surface area contributed by atoms with Crippen molar-refractivity contribution in [1.82, 2.24) is 5.32 Å². The van der Waals surface area contributed by atoms with Crippen molar-refractivity contribution in [1.29, 1.82) is 0 Å². The van der Waals surface area contributed by atoms with Gasteiger partial charge in [-0.25, -0.2) is 0 Å². The van der Waals surface area contributed by atoms with E-state index in [1.54, 1.807) is 0 Å². The van der Waals surface area contributed by atoms with Crippen molar-refractivity contribution in [3.63, 3.8) is 0 Å². The number of carboxylic acids is 1. The Labute approximate surface area is 103 Å². The Morgan fingerprint density at radius 2 is 1.65 bits per heavy atom. The largest absolute Gasteiger partial charge is 0.481 e. The lowest BCUT2D eigenvalue weighted by atomic mass is 9.95. The average molecular weight is 241 g/mol. The quantitative estimate of drug-likeness (QED) is 0.673. The first-order valence-corrected chi connectivity index (χ1v) is 6.69. The summed E-state index contributed by atoms with van der Waals surface area (Å²) in [6, 6.07) is 0.385. The number of carbonyl (C=O) groups is 2. The third-order valence-electron chi connectivity index (χ3n) is 3.26. The second-order valence-corrected chi connectivity index (χ2v) is 4.86. The van der Waals surface area contributed by atoms with E-state index in [-0.39, 0.29) is 12.3 Å². The minimum atomic E-state index is -0.753. The highest BCUT2D eigenvalue weighted by atomic mass is 16.4. The van der Waals surface area contributed by atoms with E-state index in [1.165, 1.54) is 19.3 Å². The maximum Gasteiger partial charge on any atom is 0.303 e. The Morgan fingerprint density at radius 1 is 1.00 bits per heavy atom. The first-order chi connectivity index (χ1) is 8.18. The smallest absolute Gasteiger partial charge is 0.303 e. The molecule has 1 amide bonds. The predicted octanol–water partition coefficient (Wildman–Crippen LogP) is 2.47. The van der Waals surface area contributed by atoms with E-state index in [0.717, 1.165) is 25.7 Å². The minimum absolute atomic E-state index is 0.132. The number of nitrogens with one attached hydrogen (secondary N) is 1. The zero-order valence-corrected chi connectivity index (χ0v) is 10.4. The van der Waals surface area contributed by atoms with Crippen LogP contribution in [0.25, 0.3) is 0 Å². The first-order valence-electron chi connectivity index (χ1n) is 6.69. The molecule has 0 atom stereocenters. The maximum absolute atomic E-state index is 11.6. The molecule has 2 N–H and O–H groups in total. The van der Waals surface area contributed by atoms with Crippen LogP contribution in [-0.2, 0) is 9.59 Å². The fourth-order valence-electron chi connectivity index (χ4n) is 2.29. The molecule has 4 nitrogen and oxygen atoms in total. The topological polar surface area (TPSA) is 66.4 Å². The van der Waals surface area contributed by atoms with E-state index in [4.69, 9.17) is 5.11 Å². The fraction of sp³-hybridized carbons (Fsp3) is 0.846. The highest BCUT2D eigenvalue weighted by Gasteiger charge is 2.15. The van der Waals surface area contributed by atoms with Gasteiger partial charge in [0.2, 0.25) is 5.91 Å². The summed E-state index contributed by atoms with van der Waals surface area (Å²) in [6.07, 6.45) is 9.02. The third kappa shape index (κ3) is 6.97. The van der Waals surface area contributed by atoms with E-state index < -0.39 is 5.97 Å². The van der Waals surface area contributed by atoms with E-state index in [0.29, 0.717) is 18.9 Å². The Hall–Kier alpha value is -1.06. The molecule has 0 spiro atoms. The number of amides is 1. The second kappa shape index (κ2) is 8.09. The molecule has 1 rings (SSSR count). The van der Waals surface area contributed by atoms with Crippen LogP contribution in [-0.4, -0.2) is 23.0 Å². The summed E-state index contributed by atoms with van der Waals surface area (Å²) in [5.74, 6) is -0.621. The second-order valence-electron chi connectivity index (χ2n) is 4.86. The number of unbranched alkanes of at least 4 members (excludes halogenated alkanes) is 2. The van der Waals surface area contributed by atoms with Crippen LogP contribution in [0.5, 0.6) is 0 Å². The van der Waals surface area contributed by atoms with Crippen molar-refractivity contribution in [2.24, 2.45) is 0 Å². The molecule has 0 unspecified atom stereocenters. The molecular formula is C13H23NO3. The summed E-state index contributed by atoms with van der Waals surface area (Å²) < 4.78 is 0. The molecule has 0 aromatic heterocycles. The molecule has 1 aliphatic rings. The van der Waals surface area contributed by atoms with Crippen LogP contribution >= 0.6 is 0 Å². The van der Waals surface area contributed by atoms with Gasteiger partial charge in [-0.3, -0.25) is 9.59 Å². The van der Waals surface area contributed by atoms with Gasteiger partial charge in [0, 0.05) is 18.9 Å². The molecule has 98 valence electrons. The van der Waals surface area contributed by atoms with Gasteiger partial charge in [0.1, 0.15) is 0 Å². The maximum atomic E-state index is 11.6. The molecule has 0 heterocycles. The van der Waals surface area contributed by atoms with E-state index in [9.17, 15) is 9.59 Å². The van der Waals surface area contributed by atoms with Gasteiger partial charge in [0.05, 0.1) is 0 Å². The van der Waals surface area contributed by atoms with Crippen LogP contribution in [0, 0.1) is 0 Å². The van der Waals surface area contributed by atoms with Crippen molar-refractivity contribution in [3.05, 3.63) is 0 Å². The zero-order chi connectivity index (χ0) is 12.5. The SMILES string of the molecule is O=C(O)CCCCCC(=O)NC1CCCCC1. The molecule has 0 aromatic rings. The summed E-state index contributed by atoms with van der Waals surface area (Å²) in [7, 11) is 0. The van der Waals surface area contributed by atoms with Gasteiger partial charge >= 0.3 is 5.97 Å². The molecule has 17 heavy (non-hydrogen) atoms. The summed E-state index contributed by atoms with van der Waals surface area (Å²) in [5.41, 5.74) is 0. The van der Waals surface area contributed by atoms with Gasteiger partial charge in [0.15, 0.2) is 0 Å². The van der Waals surface area contributed by atoms with Gasteiger partial charge in [0.25, 0.3) is 0 Å². The summed E-state index contributed by atoms with van der Waals surface area (Å²) in [4.78, 5) is 21.9. The standard InChI is InChI=1S/C13H23NO3/c15-12(9-5-2-6-10-13(16)17)14-11-7-3-1-4-8-11/h11H,1-10H2,(H,14,15)(H,16,17). The lowest BCUT2D eigenvalue weighted by molar-refractivity contribution is -0.137. The molecular weight excluding hydrogens is 218 g/mol. The van der Waals surface area contributed by atoms with E-state index >= 15 is 0 Å². The molecule has 0 bridgehead atoms. The Bertz CT molecular complexity index is 247. The van der Waals surface area contributed by atoms with Crippen molar-refractivity contribution in [3.8, 4) is 0 Å².